The van der Waals surface area contributed by atoms with Crippen LogP contribution in [0.1, 0.15) is 31.3 Å². The molecule has 6 rings (SSSR count). The lowest BCUT2D eigenvalue weighted by Crippen LogP contribution is -2.47. The molecule has 4 atom stereocenters. The summed E-state index contributed by atoms with van der Waals surface area (Å²) in [5.74, 6) is 1.25. The van der Waals surface area contributed by atoms with E-state index in [9.17, 15) is 23.4 Å². The summed E-state index contributed by atoms with van der Waals surface area (Å²) in [5.41, 5.74) is 7.54. The zero-order valence-electron chi connectivity index (χ0n) is 21.6. The number of halogens is 3. The summed E-state index contributed by atoms with van der Waals surface area (Å²) in [6.45, 7) is 0.453. The third kappa shape index (κ3) is 5.19. The maximum absolute atomic E-state index is 12.5. The summed E-state index contributed by atoms with van der Waals surface area (Å²) in [5, 5.41) is 22.1. The first kappa shape index (κ1) is 26.7. The van der Waals surface area contributed by atoms with E-state index in [2.05, 4.69) is 29.6 Å². The van der Waals surface area contributed by atoms with Gasteiger partial charge in [-0.25, -0.2) is 15.0 Å². The van der Waals surface area contributed by atoms with Gasteiger partial charge in [-0.05, 0) is 50.4 Å². The van der Waals surface area contributed by atoms with Crippen molar-refractivity contribution in [3.05, 3.63) is 42.6 Å². The molecular weight excluding hydrogens is 531 g/mol. The quantitative estimate of drug-likeness (QED) is 0.255. The molecule has 4 aromatic rings. The third-order valence-corrected chi connectivity index (χ3v) is 7.98. The van der Waals surface area contributed by atoms with Crippen molar-refractivity contribution in [2.24, 2.45) is 5.92 Å². The van der Waals surface area contributed by atoms with Crippen LogP contribution < -0.4 is 10.5 Å². The molecule has 14 heteroatoms. The Bertz CT molecular complexity index is 1500. The first-order chi connectivity index (χ1) is 19.1. The van der Waals surface area contributed by atoms with Crippen LogP contribution in [0.4, 0.5) is 19.0 Å². The number of hydrogen-bond acceptors (Lipinski definition) is 9. The van der Waals surface area contributed by atoms with Crippen LogP contribution in [-0.2, 0) is 11.2 Å². The normalized spacial score (nSPS) is 27.1. The number of aliphatic hydroxyl groups is 2. The second-order valence-electron chi connectivity index (χ2n) is 10.6. The fraction of sp³-hybridized carbons (Fsp3) is 0.500. The average molecular weight is 562 g/mol. The zero-order chi connectivity index (χ0) is 28.2. The van der Waals surface area contributed by atoms with E-state index in [0.717, 1.165) is 25.1 Å². The molecule has 0 unspecified atom stereocenters. The summed E-state index contributed by atoms with van der Waals surface area (Å²) in [6, 6.07) is 6.13. The van der Waals surface area contributed by atoms with Gasteiger partial charge >= 0.3 is 6.36 Å². The number of nitrogen functional groups attached to an aromatic ring is 1. The molecule has 1 aliphatic carbocycles. The Balaban J connectivity index is 0.999. The second-order valence-corrected chi connectivity index (χ2v) is 10.6. The molecule has 4 heterocycles. The summed E-state index contributed by atoms with van der Waals surface area (Å²) < 4.78 is 49.2. The zero-order valence-corrected chi connectivity index (χ0v) is 21.6. The highest BCUT2D eigenvalue weighted by Crippen LogP contribution is 2.37. The molecule has 0 amide bonds. The van der Waals surface area contributed by atoms with Gasteiger partial charge in [-0.15, -0.1) is 13.2 Å². The van der Waals surface area contributed by atoms with Crippen molar-refractivity contribution >= 4 is 27.9 Å². The predicted molar refractivity (Wildman–Crippen MR) is 138 cm³/mol. The summed E-state index contributed by atoms with van der Waals surface area (Å²) in [6.07, 6.45) is -1.73. The van der Waals surface area contributed by atoms with E-state index in [4.69, 9.17) is 10.5 Å². The molecule has 0 radical (unpaired) electrons. The Labute approximate surface area is 226 Å². The summed E-state index contributed by atoms with van der Waals surface area (Å²) in [4.78, 5) is 18.0. The maximum atomic E-state index is 12.5. The number of hydrogen-bond donors (Lipinski definition) is 4. The highest BCUT2D eigenvalue weighted by molar-refractivity contribution is 5.86. The molecule has 214 valence electrons. The number of alkyl halides is 3. The number of imidazole rings is 1. The van der Waals surface area contributed by atoms with E-state index in [1.165, 1.54) is 24.5 Å². The number of fused-ring (bicyclic) bond motifs is 2. The molecule has 40 heavy (non-hydrogen) atoms. The second kappa shape index (κ2) is 10.2. The molecular formula is C26H30F3N7O4. The van der Waals surface area contributed by atoms with Crippen LogP contribution >= 0.6 is 0 Å². The molecule has 5 N–H and O–H groups in total. The minimum absolute atomic E-state index is 0.282. The largest absolute Gasteiger partial charge is 0.573 e. The molecule has 1 aromatic carbocycles. The molecule has 3 aromatic heterocycles. The molecule has 1 saturated carbocycles. The van der Waals surface area contributed by atoms with Crippen LogP contribution in [-0.4, -0.2) is 83.9 Å². The molecule has 2 fully saturated rings. The number of nitrogens with one attached hydrogen (secondary N) is 1. The first-order valence-electron chi connectivity index (χ1n) is 13.1. The maximum Gasteiger partial charge on any atom is 0.573 e. The summed E-state index contributed by atoms with van der Waals surface area (Å²) in [7, 11) is 1.98. The van der Waals surface area contributed by atoms with Gasteiger partial charge in [0, 0.05) is 31.3 Å². The number of rotatable bonds is 8. The topological polar surface area (TPSA) is 148 Å². The number of aryl methyl sites for hydroxylation is 1. The number of nitrogens with two attached hydrogens (primary N) is 1. The number of H-pyrrole nitrogens is 1. The van der Waals surface area contributed by atoms with Gasteiger partial charge in [0.25, 0.3) is 0 Å². The van der Waals surface area contributed by atoms with Gasteiger partial charge in [0.15, 0.2) is 6.23 Å². The minimum Gasteiger partial charge on any atom is -0.406 e. The van der Waals surface area contributed by atoms with Crippen LogP contribution in [0.5, 0.6) is 5.75 Å². The highest BCUT2D eigenvalue weighted by atomic mass is 19.4. The minimum atomic E-state index is -4.74. The van der Waals surface area contributed by atoms with Crippen LogP contribution in [0.15, 0.2) is 36.8 Å². The van der Waals surface area contributed by atoms with Crippen molar-refractivity contribution in [3.8, 4) is 5.75 Å². The van der Waals surface area contributed by atoms with Crippen LogP contribution in [0.3, 0.4) is 0 Å². The van der Waals surface area contributed by atoms with Crippen molar-refractivity contribution in [1.82, 2.24) is 29.4 Å². The van der Waals surface area contributed by atoms with Gasteiger partial charge in [-0.3, -0.25) is 0 Å². The number of benzene rings is 1. The van der Waals surface area contributed by atoms with Crippen molar-refractivity contribution < 1.29 is 32.9 Å². The lowest BCUT2D eigenvalue weighted by molar-refractivity contribution is -0.274. The Morgan fingerprint density at radius 2 is 2.00 bits per heavy atom. The summed E-state index contributed by atoms with van der Waals surface area (Å²) >= 11 is 0. The fourth-order valence-electron chi connectivity index (χ4n) is 5.73. The Hall–Kier alpha value is -3.46. The van der Waals surface area contributed by atoms with Crippen LogP contribution in [0.2, 0.25) is 0 Å². The Morgan fingerprint density at radius 3 is 2.77 bits per heavy atom. The molecule has 0 bridgehead atoms. The van der Waals surface area contributed by atoms with E-state index < -0.39 is 30.9 Å². The molecule has 0 spiro atoms. The van der Waals surface area contributed by atoms with Crippen LogP contribution in [0.25, 0.3) is 22.1 Å². The third-order valence-electron chi connectivity index (χ3n) is 7.98. The van der Waals surface area contributed by atoms with Crippen molar-refractivity contribution in [2.45, 2.75) is 62.6 Å². The van der Waals surface area contributed by atoms with Gasteiger partial charge < -0.3 is 39.9 Å². The van der Waals surface area contributed by atoms with E-state index in [1.54, 1.807) is 16.8 Å². The highest BCUT2D eigenvalue weighted by Gasteiger charge is 2.45. The number of nitrogens with zero attached hydrogens (tertiary/aromatic N) is 5. The fourth-order valence-corrected chi connectivity index (χ4v) is 5.73. The smallest absolute Gasteiger partial charge is 0.406 e. The van der Waals surface area contributed by atoms with E-state index in [-0.39, 0.29) is 5.75 Å². The van der Waals surface area contributed by atoms with Crippen molar-refractivity contribution in [1.29, 1.82) is 0 Å². The number of aromatic amines is 1. The van der Waals surface area contributed by atoms with Gasteiger partial charge in [0.1, 0.15) is 47.7 Å². The lowest BCUT2D eigenvalue weighted by Gasteiger charge is -2.42. The Kier molecular flexibility index (Phi) is 6.81. The average Bonchev–Trinajstić information content (AvgIpc) is 3.54. The number of ether oxygens (including phenoxy) is 2. The van der Waals surface area contributed by atoms with Gasteiger partial charge in [-0.1, -0.05) is 0 Å². The number of aliphatic hydroxyl groups excluding tert-OH is 2. The molecule has 11 nitrogen and oxygen atoms in total. The van der Waals surface area contributed by atoms with Gasteiger partial charge in [-0.2, -0.15) is 0 Å². The van der Waals surface area contributed by atoms with Gasteiger partial charge in [0.2, 0.25) is 0 Å². The molecule has 1 saturated heterocycles. The van der Waals surface area contributed by atoms with E-state index in [1.807, 2.05) is 7.05 Å². The number of likely N-dealkylation sites (N-methyl/N-ethyl adjacent to an activating group) is 1. The molecule has 1 aliphatic heterocycles. The van der Waals surface area contributed by atoms with Crippen molar-refractivity contribution in [2.75, 3.05) is 19.3 Å². The predicted octanol–water partition coefficient (Wildman–Crippen LogP) is 2.75. The number of anilines is 1. The van der Waals surface area contributed by atoms with Crippen molar-refractivity contribution in [3.63, 3.8) is 0 Å². The SMILES string of the molecule is CN(C[C@H]1O[C@@H](n2ccc3c(N)ncnc32)[C@H](O)[C@@H]1O)C1CC(CCc2nc3ccc(OC(F)(F)F)cc3[nH]2)C1. The van der Waals surface area contributed by atoms with Crippen LogP contribution in [0, 0.1) is 5.92 Å². The van der Waals surface area contributed by atoms with E-state index >= 15 is 0 Å². The lowest BCUT2D eigenvalue weighted by atomic mass is 9.76. The number of aromatic nitrogens is 5. The van der Waals surface area contributed by atoms with Gasteiger partial charge in [0.05, 0.1) is 16.4 Å². The first-order valence-corrected chi connectivity index (χ1v) is 13.1. The standard InChI is InChI=1S/C26H30F3N7O4/c1-35(11-19-21(37)22(38)25(39-19)36-7-6-16-23(30)31-12-32-24(16)36)14-8-13(9-14)2-5-20-33-17-4-3-15(10-18(17)34-20)40-26(27,28)29/h3-4,6-7,10,12-14,19,21-22,25,37-38H,2,5,8-9,11H2,1H3,(H,33,34)(H2,30,31,32)/t13?,14?,19-,21-,22-,25-/m1/s1. The Morgan fingerprint density at radius 1 is 1.20 bits per heavy atom. The molecule has 2 aliphatic rings. The van der Waals surface area contributed by atoms with E-state index in [0.29, 0.717) is 52.8 Å². The monoisotopic (exact) mass is 561 g/mol.